The molecule has 5 fully saturated rings. The highest BCUT2D eigenvalue weighted by atomic mass is 32.2. The lowest BCUT2D eigenvalue weighted by molar-refractivity contribution is -0.132. The summed E-state index contributed by atoms with van der Waals surface area (Å²) < 4.78 is 31.2. The van der Waals surface area contributed by atoms with Crippen LogP contribution < -0.4 is 0 Å². The Labute approximate surface area is 257 Å². The molecule has 5 heteroatoms. The molecule has 4 nitrogen and oxygen atoms in total. The van der Waals surface area contributed by atoms with Crippen LogP contribution in [0.25, 0.3) is 0 Å². The van der Waals surface area contributed by atoms with Gasteiger partial charge in [-0.05, 0) is 129 Å². The Morgan fingerprint density at radius 2 is 1.57 bits per heavy atom. The number of fused-ring (bicyclic) bond motifs is 5. The predicted octanol–water partition coefficient (Wildman–Crippen LogP) is 8.87. The molecule has 0 amide bonds. The predicted molar refractivity (Wildman–Crippen MR) is 172 cm³/mol. The molecule has 4 saturated carbocycles. The number of benzene rings is 1. The van der Waals surface area contributed by atoms with Crippen molar-refractivity contribution in [3.05, 3.63) is 29.8 Å². The Morgan fingerprint density at radius 1 is 0.881 bits per heavy atom. The van der Waals surface area contributed by atoms with Gasteiger partial charge in [0.1, 0.15) is 6.10 Å². The Balaban J connectivity index is 1.03. The fraction of sp³-hybridized carbons (Fsp3) is 0.838. The highest BCUT2D eigenvalue weighted by molar-refractivity contribution is 7.86. The molecule has 1 unspecified atom stereocenters. The fourth-order valence-corrected chi connectivity index (χ4v) is 12.4. The van der Waals surface area contributed by atoms with Crippen LogP contribution in [0, 0.1) is 59.2 Å². The highest BCUT2D eigenvalue weighted by Gasteiger charge is 2.61. The van der Waals surface area contributed by atoms with E-state index in [-0.39, 0.29) is 11.0 Å². The lowest BCUT2D eigenvalue weighted by Gasteiger charge is -2.62. The molecule has 1 aliphatic heterocycles. The minimum Gasteiger partial charge on any atom is -0.295 e. The Hall–Kier alpha value is -0.910. The molecule has 0 aromatic heterocycles. The van der Waals surface area contributed by atoms with E-state index in [4.69, 9.17) is 4.18 Å². The summed E-state index contributed by atoms with van der Waals surface area (Å²) >= 11 is 0. The lowest BCUT2D eigenvalue weighted by atomic mass is 9.44. The second kappa shape index (κ2) is 11.8. The molecule has 6 rings (SSSR count). The number of aryl methyl sites for hydroxylation is 1. The van der Waals surface area contributed by atoms with Crippen LogP contribution in [-0.2, 0) is 14.3 Å². The van der Waals surface area contributed by atoms with Crippen molar-refractivity contribution in [3.8, 4) is 0 Å². The third-order valence-electron chi connectivity index (χ3n) is 13.8. The largest absolute Gasteiger partial charge is 0.297 e. The monoisotopic (exact) mass is 597 g/mol. The van der Waals surface area contributed by atoms with Crippen molar-refractivity contribution in [2.24, 2.45) is 52.3 Å². The van der Waals surface area contributed by atoms with Crippen molar-refractivity contribution in [1.82, 2.24) is 4.90 Å². The molecule has 1 saturated heterocycles. The van der Waals surface area contributed by atoms with Gasteiger partial charge < -0.3 is 0 Å². The van der Waals surface area contributed by atoms with Crippen LogP contribution in [-0.4, -0.2) is 38.6 Å². The number of likely N-dealkylation sites (tertiary alicyclic amines) is 1. The molecule has 9 atom stereocenters. The van der Waals surface area contributed by atoms with E-state index < -0.39 is 10.1 Å². The van der Waals surface area contributed by atoms with Crippen molar-refractivity contribution < 1.29 is 12.6 Å². The standard InChI is InChI=1S/C37H59NO3S/c1-25(2)8-7-9-27(4)33-16-17-34-32-15-12-28-22-29(18-20-36(28,5)35(32)19-21-37(33,34)6)38-23-30(24-38)41-42(39,40)31-13-10-26(3)11-14-31/h10-11,13-14,25,27-30,32-35H,7-9,12,15-24H2,1-6H3/t27-,28+,29?,32+,33-,34+,35+,36+,37-/m1/s1. The van der Waals surface area contributed by atoms with Crippen LogP contribution in [0.3, 0.4) is 0 Å². The van der Waals surface area contributed by atoms with E-state index in [1.807, 2.05) is 19.1 Å². The SMILES string of the molecule is Cc1ccc(S(=O)(=O)OC2CN(C3CC[C@@]4(C)[C@@H](CC[C@@H]5[C@@H]4CC[C@]4(C)[C@@H]([C@H](C)CCCC(C)C)CC[C@@H]54)C3)C2)cc1. The highest BCUT2D eigenvalue weighted by Crippen LogP contribution is 2.68. The quantitative estimate of drug-likeness (QED) is 0.267. The molecule has 0 radical (unpaired) electrons. The van der Waals surface area contributed by atoms with Crippen LogP contribution in [0.1, 0.15) is 117 Å². The van der Waals surface area contributed by atoms with E-state index in [0.29, 0.717) is 16.9 Å². The van der Waals surface area contributed by atoms with Crippen LogP contribution in [0.5, 0.6) is 0 Å². The fourth-order valence-electron chi connectivity index (χ4n) is 11.4. The first kappa shape index (κ1) is 31.1. The van der Waals surface area contributed by atoms with Gasteiger partial charge in [0.25, 0.3) is 10.1 Å². The van der Waals surface area contributed by atoms with E-state index in [9.17, 15) is 8.42 Å². The topological polar surface area (TPSA) is 46.6 Å². The summed E-state index contributed by atoms with van der Waals surface area (Å²) in [6, 6.07) is 7.59. The van der Waals surface area contributed by atoms with Crippen molar-refractivity contribution >= 4 is 10.1 Å². The zero-order chi connectivity index (χ0) is 29.9. The van der Waals surface area contributed by atoms with Gasteiger partial charge in [0.2, 0.25) is 0 Å². The first-order valence-electron chi connectivity index (χ1n) is 17.6. The van der Waals surface area contributed by atoms with E-state index in [1.54, 1.807) is 12.1 Å². The Morgan fingerprint density at radius 3 is 2.29 bits per heavy atom. The maximum Gasteiger partial charge on any atom is 0.297 e. The number of hydrogen-bond donors (Lipinski definition) is 0. The van der Waals surface area contributed by atoms with Gasteiger partial charge in [-0.1, -0.05) is 71.6 Å². The number of rotatable bonds is 9. The smallest absolute Gasteiger partial charge is 0.295 e. The van der Waals surface area contributed by atoms with Gasteiger partial charge in [-0.15, -0.1) is 0 Å². The Bertz CT molecular complexity index is 1190. The summed E-state index contributed by atoms with van der Waals surface area (Å²) in [6.45, 7) is 16.2. The average Bonchev–Trinajstić information content (AvgIpc) is 3.27. The molecule has 0 N–H and O–H groups in total. The van der Waals surface area contributed by atoms with E-state index in [1.165, 1.54) is 77.0 Å². The van der Waals surface area contributed by atoms with Crippen LogP contribution >= 0.6 is 0 Å². The molecule has 0 spiro atoms. The molecule has 1 aromatic carbocycles. The van der Waals surface area contributed by atoms with Gasteiger partial charge in [0, 0.05) is 19.1 Å². The molecule has 5 aliphatic rings. The van der Waals surface area contributed by atoms with Crippen LogP contribution in [0.4, 0.5) is 0 Å². The first-order chi connectivity index (χ1) is 19.9. The Kier molecular flexibility index (Phi) is 8.72. The summed E-state index contributed by atoms with van der Waals surface area (Å²) in [6.07, 6.45) is 16.7. The van der Waals surface area contributed by atoms with Gasteiger partial charge >= 0.3 is 0 Å². The second-order valence-corrected chi connectivity index (χ2v) is 18.1. The summed E-state index contributed by atoms with van der Waals surface area (Å²) in [5.74, 6) is 6.29. The maximum absolute atomic E-state index is 12.8. The third-order valence-corrected chi connectivity index (χ3v) is 15.2. The molecule has 236 valence electrons. The molecule has 42 heavy (non-hydrogen) atoms. The summed E-state index contributed by atoms with van der Waals surface area (Å²) in [5.41, 5.74) is 2.13. The molecule has 4 aliphatic carbocycles. The summed E-state index contributed by atoms with van der Waals surface area (Å²) in [4.78, 5) is 2.80. The maximum atomic E-state index is 12.8. The van der Waals surface area contributed by atoms with Gasteiger partial charge in [-0.2, -0.15) is 8.42 Å². The first-order valence-corrected chi connectivity index (χ1v) is 19.1. The normalized spacial score (nSPS) is 39.8. The minimum absolute atomic E-state index is 0.209. The van der Waals surface area contributed by atoms with Crippen molar-refractivity contribution in [1.29, 1.82) is 0 Å². The van der Waals surface area contributed by atoms with E-state index in [0.717, 1.165) is 60.1 Å². The third kappa shape index (κ3) is 5.66. The van der Waals surface area contributed by atoms with E-state index >= 15 is 0 Å². The minimum atomic E-state index is -3.69. The second-order valence-electron chi connectivity index (χ2n) is 16.6. The molecule has 1 aromatic rings. The molecular formula is C37H59NO3S. The average molecular weight is 598 g/mol. The number of hydrogen-bond acceptors (Lipinski definition) is 4. The van der Waals surface area contributed by atoms with Crippen molar-refractivity contribution in [2.45, 2.75) is 136 Å². The summed E-state index contributed by atoms with van der Waals surface area (Å²) in [5, 5.41) is 0. The van der Waals surface area contributed by atoms with E-state index in [2.05, 4.69) is 39.5 Å². The van der Waals surface area contributed by atoms with Crippen LogP contribution in [0.15, 0.2) is 29.2 Å². The number of nitrogens with zero attached hydrogens (tertiary/aromatic N) is 1. The lowest BCUT2D eigenvalue weighted by Crippen LogP contribution is -2.60. The van der Waals surface area contributed by atoms with Gasteiger partial charge in [-0.25, -0.2) is 0 Å². The molecule has 0 bridgehead atoms. The van der Waals surface area contributed by atoms with Gasteiger partial charge in [-0.3, -0.25) is 9.08 Å². The van der Waals surface area contributed by atoms with Crippen LogP contribution in [0.2, 0.25) is 0 Å². The van der Waals surface area contributed by atoms with Gasteiger partial charge in [0.05, 0.1) is 4.90 Å². The molecular weight excluding hydrogens is 538 g/mol. The summed E-state index contributed by atoms with van der Waals surface area (Å²) in [7, 11) is -3.69. The zero-order valence-corrected chi connectivity index (χ0v) is 28.3. The van der Waals surface area contributed by atoms with Gasteiger partial charge in [0.15, 0.2) is 0 Å². The molecule has 1 heterocycles. The zero-order valence-electron chi connectivity index (χ0n) is 27.5. The van der Waals surface area contributed by atoms with Crippen molar-refractivity contribution in [2.75, 3.05) is 13.1 Å². The van der Waals surface area contributed by atoms with Crippen molar-refractivity contribution in [3.63, 3.8) is 0 Å².